The Morgan fingerprint density at radius 1 is 1.53 bits per heavy atom. The van der Waals surface area contributed by atoms with Crippen LogP contribution >= 0.6 is 11.3 Å². The van der Waals surface area contributed by atoms with E-state index in [9.17, 15) is 5.11 Å². The zero-order chi connectivity index (χ0) is 14.0. The number of aliphatic hydroxyl groups excluding tert-OH is 1. The molecule has 1 fully saturated rings. The van der Waals surface area contributed by atoms with Crippen molar-refractivity contribution in [3.05, 3.63) is 10.6 Å². The predicted molar refractivity (Wildman–Crippen MR) is 80.9 cm³/mol. The van der Waals surface area contributed by atoms with Crippen molar-refractivity contribution in [2.24, 2.45) is 0 Å². The van der Waals surface area contributed by atoms with Crippen LogP contribution in [0.1, 0.15) is 36.8 Å². The predicted octanol–water partition coefficient (Wildman–Crippen LogP) is 2.25. The van der Waals surface area contributed by atoms with Crippen molar-refractivity contribution in [3.63, 3.8) is 0 Å². The maximum atomic E-state index is 9.59. The lowest BCUT2D eigenvalue weighted by Crippen LogP contribution is -2.31. The summed E-state index contributed by atoms with van der Waals surface area (Å²) < 4.78 is 0. The molecule has 1 aromatic heterocycles. The Labute approximate surface area is 120 Å². The van der Waals surface area contributed by atoms with E-state index in [0.717, 1.165) is 30.3 Å². The minimum absolute atomic E-state index is 0.203. The fourth-order valence-corrected chi connectivity index (χ4v) is 3.71. The summed E-state index contributed by atoms with van der Waals surface area (Å²) >= 11 is 1.79. The van der Waals surface area contributed by atoms with Gasteiger partial charge in [0.2, 0.25) is 0 Å². The Morgan fingerprint density at radius 2 is 2.26 bits per heavy atom. The third kappa shape index (κ3) is 3.68. The van der Waals surface area contributed by atoms with Gasteiger partial charge in [-0.15, -0.1) is 11.3 Å². The molecule has 2 unspecified atom stereocenters. The van der Waals surface area contributed by atoms with Crippen molar-refractivity contribution >= 4 is 16.5 Å². The summed E-state index contributed by atoms with van der Waals surface area (Å²) in [4.78, 5) is 10.5. The van der Waals surface area contributed by atoms with Crippen molar-refractivity contribution in [1.82, 2.24) is 9.88 Å². The van der Waals surface area contributed by atoms with Crippen LogP contribution in [-0.2, 0) is 6.54 Å². The highest BCUT2D eigenvalue weighted by atomic mass is 32.1. The SMILES string of the molecule is Cc1nc(N(C)C)sc1CN1CCCC1CC(C)O. The molecule has 2 rings (SSSR count). The highest BCUT2D eigenvalue weighted by Crippen LogP contribution is 2.29. The van der Waals surface area contributed by atoms with Gasteiger partial charge >= 0.3 is 0 Å². The van der Waals surface area contributed by atoms with Crippen molar-refractivity contribution in [2.75, 3.05) is 25.5 Å². The number of hydrogen-bond donors (Lipinski definition) is 1. The highest BCUT2D eigenvalue weighted by molar-refractivity contribution is 7.15. The standard InChI is InChI=1S/C14H25N3OS/c1-10(18)8-12-6-5-7-17(12)9-13-11(2)15-14(19-13)16(3)4/h10,12,18H,5-9H2,1-4H3. The van der Waals surface area contributed by atoms with Crippen molar-refractivity contribution in [3.8, 4) is 0 Å². The number of likely N-dealkylation sites (tertiary alicyclic amines) is 1. The molecule has 4 nitrogen and oxygen atoms in total. The zero-order valence-electron chi connectivity index (χ0n) is 12.4. The molecule has 1 aromatic rings. The Morgan fingerprint density at radius 3 is 2.84 bits per heavy atom. The zero-order valence-corrected chi connectivity index (χ0v) is 13.2. The average molecular weight is 283 g/mol. The van der Waals surface area contributed by atoms with Crippen LogP contribution < -0.4 is 4.90 Å². The number of nitrogens with zero attached hydrogens (tertiary/aromatic N) is 3. The quantitative estimate of drug-likeness (QED) is 0.900. The van der Waals surface area contributed by atoms with Crippen LogP contribution in [0.25, 0.3) is 0 Å². The fourth-order valence-electron chi connectivity index (χ4n) is 2.70. The molecule has 0 radical (unpaired) electrons. The number of aryl methyl sites for hydroxylation is 1. The largest absolute Gasteiger partial charge is 0.393 e. The number of hydrogen-bond acceptors (Lipinski definition) is 5. The summed E-state index contributed by atoms with van der Waals surface area (Å²) in [6.07, 6.45) is 3.14. The van der Waals surface area contributed by atoms with Crippen LogP contribution in [0.5, 0.6) is 0 Å². The van der Waals surface area contributed by atoms with Crippen molar-refractivity contribution < 1.29 is 5.11 Å². The summed E-state index contributed by atoms with van der Waals surface area (Å²) in [5, 5.41) is 10.7. The molecular weight excluding hydrogens is 258 g/mol. The minimum atomic E-state index is -0.203. The van der Waals surface area contributed by atoms with E-state index in [-0.39, 0.29) is 6.10 Å². The van der Waals surface area contributed by atoms with Gasteiger partial charge in [-0.25, -0.2) is 4.98 Å². The van der Waals surface area contributed by atoms with E-state index >= 15 is 0 Å². The molecule has 1 saturated heterocycles. The van der Waals surface area contributed by atoms with Crippen LogP contribution in [0.15, 0.2) is 0 Å². The van der Waals surface area contributed by atoms with Crippen LogP contribution in [-0.4, -0.2) is 47.8 Å². The van der Waals surface area contributed by atoms with Gasteiger partial charge in [0.1, 0.15) is 0 Å². The Bertz CT molecular complexity index is 417. The molecule has 2 heterocycles. The van der Waals surface area contributed by atoms with E-state index in [2.05, 4.69) is 21.7 Å². The molecule has 0 bridgehead atoms. The van der Waals surface area contributed by atoms with Crippen LogP contribution in [0.4, 0.5) is 5.13 Å². The van der Waals surface area contributed by atoms with E-state index < -0.39 is 0 Å². The van der Waals surface area contributed by atoms with Gasteiger partial charge in [0.05, 0.1) is 11.8 Å². The van der Waals surface area contributed by atoms with Gasteiger partial charge in [-0.2, -0.15) is 0 Å². The maximum absolute atomic E-state index is 9.59. The molecule has 0 amide bonds. The number of thiazole rings is 1. The summed E-state index contributed by atoms with van der Waals surface area (Å²) in [5.41, 5.74) is 1.15. The maximum Gasteiger partial charge on any atom is 0.185 e. The lowest BCUT2D eigenvalue weighted by molar-refractivity contribution is 0.131. The van der Waals surface area contributed by atoms with Crippen molar-refractivity contribution in [1.29, 1.82) is 0 Å². The average Bonchev–Trinajstić information content (AvgIpc) is 2.87. The number of aliphatic hydroxyl groups is 1. The lowest BCUT2D eigenvalue weighted by Gasteiger charge is -2.25. The van der Waals surface area contributed by atoms with E-state index in [1.54, 1.807) is 11.3 Å². The molecule has 0 saturated carbocycles. The molecule has 1 N–H and O–H groups in total. The first kappa shape index (κ1) is 14.8. The topological polar surface area (TPSA) is 39.6 Å². The normalized spacial score (nSPS) is 21.8. The van der Waals surface area contributed by atoms with E-state index in [1.807, 2.05) is 21.0 Å². The summed E-state index contributed by atoms with van der Waals surface area (Å²) in [5.74, 6) is 0. The first-order chi connectivity index (χ1) is 8.97. The third-order valence-electron chi connectivity index (χ3n) is 3.72. The van der Waals surface area contributed by atoms with Crippen LogP contribution in [0.2, 0.25) is 0 Å². The second-order valence-corrected chi connectivity index (χ2v) is 6.81. The van der Waals surface area contributed by atoms with Crippen LogP contribution in [0, 0.1) is 6.92 Å². The Hall–Kier alpha value is -0.650. The molecule has 1 aliphatic rings. The van der Waals surface area contributed by atoms with Gasteiger partial charge in [-0.05, 0) is 39.7 Å². The van der Waals surface area contributed by atoms with Gasteiger partial charge in [0, 0.05) is 31.6 Å². The summed E-state index contributed by atoms with van der Waals surface area (Å²) in [7, 11) is 4.07. The number of rotatable bonds is 5. The molecular formula is C14H25N3OS. The monoisotopic (exact) mass is 283 g/mol. The summed E-state index contributed by atoms with van der Waals surface area (Å²) in [6, 6.07) is 0.532. The van der Waals surface area contributed by atoms with Gasteiger partial charge in [0.15, 0.2) is 5.13 Å². The second kappa shape index (κ2) is 6.20. The first-order valence-corrected chi connectivity index (χ1v) is 7.84. The van der Waals surface area contributed by atoms with E-state index in [1.165, 1.54) is 17.7 Å². The van der Waals surface area contributed by atoms with Crippen LogP contribution in [0.3, 0.4) is 0 Å². The number of anilines is 1. The molecule has 19 heavy (non-hydrogen) atoms. The smallest absolute Gasteiger partial charge is 0.185 e. The van der Waals surface area contributed by atoms with Gasteiger partial charge < -0.3 is 10.0 Å². The third-order valence-corrected chi connectivity index (χ3v) is 5.03. The molecule has 5 heteroatoms. The lowest BCUT2D eigenvalue weighted by atomic mass is 10.1. The first-order valence-electron chi connectivity index (χ1n) is 7.03. The molecule has 1 aliphatic heterocycles. The fraction of sp³-hybridized carbons (Fsp3) is 0.786. The second-order valence-electron chi connectivity index (χ2n) is 5.75. The minimum Gasteiger partial charge on any atom is -0.393 e. The highest BCUT2D eigenvalue weighted by Gasteiger charge is 2.26. The van der Waals surface area contributed by atoms with E-state index in [0.29, 0.717) is 6.04 Å². The van der Waals surface area contributed by atoms with E-state index in [4.69, 9.17) is 0 Å². The summed E-state index contributed by atoms with van der Waals surface area (Å²) in [6.45, 7) is 6.11. The molecule has 108 valence electrons. The van der Waals surface area contributed by atoms with Gasteiger partial charge in [0.25, 0.3) is 0 Å². The molecule has 0 aliphatic carbocycles. The van der Waals surface area contributed by atoms with Gasteiger partial charge in [-0.3, -0.25) is 4.90 Å². The molecule has 0 aromatic carbocycles. The van der Waals surface area contributed by atoms with Gasteiger partial charge in [-0.1, -0.05) is 0 Å². The Kier molecular flexibility index (Phi) is 4.81. The van der Waals surface area contributed by atoms with Crippen molar-refractivity contribution in [2.45, 2.75) is 51.8 Å². The Balaban J connectivity index is 2.03. The molecule has 0 spiro atoms. The number of aromatic nitrogens is 1. The molecule has 2 atom stereocenters.